The van der Waals surface area contributed by atoms with E-state index in [-0.39, 0.29) is 5.13 Å². The largest absolute Gasteiger partial charge is 0.444 e. The molecular formula is C17H22N4O5S2. The summed E-state index contributed by atoms with van der Waals surface area (Å²) in [6.45, 7) is 8.45. The second-order valence-electron chi connectivity index (χ2n) is 6.98. The highest BCUT2D eigenvalue weighted by Gasteiger charge is 2.27. The molecule has 2 atom stereocenters. The van der Waals surface area contributed by atoms with Crippen molar-refractivity contribution in [3.63, 3.8) is 0 Å². The molecule has 0 saturated heterocycles. The summed E-state index contributed by atoms with van der Waals surface area (Å²) in [4.78, 5) is 45.4. The number of amides is 1. The van der Waals surface area contributed by atoms with Crippen molar-refractivity contribution in [1.29, 1.82) is 0 Å². The first kappa shape index (κ1) is 21.8. The van der Waals surface area contributed by atoms with E-state index in [1.165, 1.54) is 12.4 Å². The zero-order valence-corrected chi connectivity index (χ0v) is 17.8. The minimum absolute atomic E-state index is 0.281. The summed E-state index contributed by atoms with van der Waals surface area (Å²) in [7, 11) is 0. The molecule has 2 heterocycles. The number of nitrogens with one attached hydrogen (secondary N) is 1. The first-order chi connectivity index (χ1) is 13.0. The Morgan fingerprint density at radius 2 is 1.57 bits per heavy atom. The number of anilines is 2. The number of nitrogens with two attached hydrogens (primary N) is 1. The van der Waals surface area contributed by atoms with Gasteiger partial charge in [0.1, 0.15) is 5.60 Å². The molecule has 0 fully saturated rings. The Kier molecular flexibility index (Phi) is 6.73. The molecule has 0 saturated carbocycles. The number of aromatic nitrogens is 2. The van der Waals surface area contributed by atoms with Gasteiger partial charge in [0.2, 0.25) is 0 Å². The van der Waals surface area contributed by atoms with Gasteiger partial charge in [0.25, 0.3) is 0 Å². The second kappa shape index (κ2) is 8.65. The number of carbonyl (C=O) groups excluding carboxylic acids is 3. The molecule has 152 valence electrons. The van der Waals surface area contributed by atoms with E-state index in [1.54, 1.807) is 34.6 Å². The number of carbonyl (C=O) groups is 3. The van der Waals surface area contributed by atoms with Crippen molar-refractivity contribution in [3.8, 4) is 0 Å². The highest BCUT2D eigenvalue weighted by atomic mass is 32.1. The number of thiazole rings is 2. The van der Waals surface area contributed by atoms with Crippen LogP contribution >= 0.6 is 22.7 Å². The number of nitrogens with zero attached hydrogens (tertiary/aromatic N) is 2. The van der Waals surface area contributed by atoms with Crippen LogP contribution in [0.3, 0.4) is 0 Å². The zero-order chi connectivity index (χ0) is 21.1. The lowest BCUT2D eigenvalue weighted by Gasteiger charge is -2.18. The Labute approximate surface area is 170 Å². The van der Waals surface area contributed by atoms with E-state index in [0.29, 0.717) is 14.9 Å². The molecule has 2 unspecified atom stereocenters. The Balaban J connectivity index is 1.95. The van der Waals surface area contributed by atoms with Crippen LogP contribution in [-0.4, -0.2) is 33.6 Å². The number of rotatable bonds is 5. The van der Waals surface area contributed by atoms with Crippen LogP contribution in [-0.2, 0) is 19.1 Å². The maximum Gasteiger partial charge on any atom is 0.413 e. The smallest absolute Gasteiger partial charge is 0.413 e. The molecule has 11 heteroatoms. The van der Waals surface area contributed by atoms with E-state index in [2.05, 4.69) is 15.3 Å². The molecule has 0 aliphatic rings. The van der Waals surface area contributed by atoms with Gasteiger partial charge in [-0.25, -0.2) is 14.8 Å². The number of esters is 2. The van der Waals surface area contributed by atoms with Crippen molar-refractivity contribution in [2.45, 2.75) is 52.1 Å². The van der Waals surface area contributed by atoms with Gasteiger partial charge in [0, 0.05) is 22.1 Å². The number of hydrogen-bond acceptors (Lipinski definition) is 10. The zero-order valence-electron chi connectivity index (χ0n) is 16.1. The highest BCUT2D eigenvalue weighted by molar-refractivity contribution is 7.16. The number of ether oxygens (including phenoxy) is 2. The summed E-state index contributed by atoms with van der Waals surface area (Å²) in [6, 6.07) is 0. The maximum absolute atomic E-state index is 12.3. The van der Waals surface area contributed by atoms with Gasteiger partial charge in [0.05, 0.1) is 11.8 Å². The molecule has 2 aromatic heterocycles. The lowest BCUT2D eigenvalue weighted by Crippen LogP contribution is -2.27. The van der Waals surface area contributed by atoms with Gasteiger partial charge in [0.15, 0.2) is 10.3 Å². The third-order valence-electron chi connectivity index (χ3n) is 3.43. The first-order valence-electron chi connectivity index (χ1n) is 8.38. The summed E-state index contributed by atoms with van der Waals surface area (Å²) >= 11 is 2.26. The summed E-state index contributed by atoms with van der Waals surface area (Å²) in [5.41, 5.74) is 4.92. The van der Waals surface area contributed by atoms with Crippen molar-refractivity contribution in [1.82, 2.24) is 9.97 Å². The van der Waals surface area contributed by atoms with Gasteiger partial charge in [-0.3, -0.25) is 14.9 Å². The average Bonchev–Trinajstić information content (AvgIpc) is 3.20. The Morgan fingerprint density at radius 3 is 2.07 bits per heavy atom. The van der Waals surface area contributed by atoms with Crippen LogP contribution in [0.25, 0.3) is 0 Å². The first-order valence-corrected chi connectivity index (χ1v) is 10.0. The molecule has 0 aromatic carbocycles. The second-order valence-corrected chi connectivity index (χ2v) is 9.14. The van der Waals surface area contributed by atoms with E-state index in [9.17, 15) is 14.4 Å². The highest BCUT2D eigenvalue weighted by Crippen LogP contribution is 2.29. The summed E-state index contributed by atoms with van der Waals surface area (Å²) in [5.74, 6) is -2.77. The molecule has 28 heavy (non-hydrogen) atoms. The quantitative estimate of drug-likeness (QED) is 0.548. The minimum atomic E-state index is -0.727. The molecule has 0 radical (unpaired) electrons. The number of nitrogen functional groups attached to an aromatic ring is 1. The predicted octanol–water partition coefficient (Wildman–Crippen LogP) is 3.51. The monoisotopic (exact) mass is 426 g/mol. The van der Waals surface area contributed by atoms with Gasteiger partial charge in [-0.05, 0) is 34.6 Å². The maximum atomic E-state index is 12.3. The van der Waals surface area contributed by atoms with Crippen LogP contribution in [0.2, 0.25) is 0 Å². The van der Waals surface area contributed by atoms with Crippen molar-refractivity contribution in [3.05, 3.63) is 22.1 Å². The van der Waals surface area contributed by atoms with E-state index in [1.807, 2.05) is 0 Å². The average molecular weight is 427 g/mol. The van der Waals surface area contributed by atoms with Crippen molar-refractivity contribution < 1.29 is 23.9 Å². The van der Waals surface area contributed by atoms with Crippen LogP contribution in [0.15, 0.2) is 12.4 Å². The molecule has 0 spiro atoms. The van der Waals surface area contributed by atoms with Gasteiger partial charge in [-0.2, -0.15) is 0 Å². The van der Waals surface area contributed by atoms with Gasteiger partial charge < -0.3 is 15.2 Å². The molecule has 2 rings (SSSR count). The number of hydrogen-bond donors (Lipinski definition) is 2. The molecule has 0 aliphatic carbocycles. The van der Waals surface area contributed by atoms with Crippen LogP contribution in [0.1, 0.15) is 56.2 Å². The lowest BCUT2D eigenvalue weighted by atomic mass is 10.1. The molecule has 0 aliphatic heterocycles. The van der Waals surface area contributed by atoms with E-state index < -0.39 is 35.5 Å². The van der Waals surface area contributed by atoms with Gasteiger partial charge in [-0.15, -0.1) is 22.7 Å². The fraction of sp³-hybridized carbons (Fsp3) is 0.471. The van der Waals surface area contributed by atoms with Gasteiger partial charge in [-0.1, -0.05) is 0 Å². The van der Waals surface area contributed by atoms with Gasteiger partial charge >= 0.3 is 18.0 Å². The topological polar surface area (TPSA) is 134 Å². The van der Waals surface area contributed by atoms with Crippen molar-refractivity contribution in [2.24, 2.45) is 0 Å². The van der Waals surface area contributed by atoms with Crippen molar-refractivity contribution >= 4 is 51.0 Å². The third-order valence-corrected chi connectivity index (χ3v) is 5.54. The van der Waals surface area contributed by atoms with E-state index in [4.69, 9.17) is 15.2 Å². The third kappa shape index (κ3) is 5.99. The summed E-state index contributed by atoms with van der Waals surface area (Å²) in [6.07, 6.45) is 2.29. The summed E-state index contributed by atoms with van der Waals surface area (Å²) < 4.78 is 10.1. The molecular weight excluding hydrogens is 404 g/mol. The molecule has 3 N–H and O–H groups in total. The lowest BCUT2D eigenvalue weighted by molar-refractivity contribution is -0.161. The van der Waals surface area contributed by atoms with Crippen LogP contribution in [0.4, 0.5) is 15.1 Å². The van der Waals surface area contributed by atoms with Crippen LogP contribution in [0, 0.1) is 0 Å². The van der Waals surface area contributed by atoms with Crippen LogP contribution in [0.5, 0.6) is 0 Å². The molecule has 0 bridgehead atoms. The molecule has 2 aromatic rings. The fourth-order valence-corrected chi connectivity index (χ4v) is 3.51. The Hall–Kier alpha value is -2.53. The van der Waals surface area contributed by atoms with Crippen molar-refractivity contribution in [2.75, 3.05) is 11.1 Å². The Bertz CT molecular complexity index is 871. The fourth-order valence-electron chi connectivity index (χ4n) is 1.94. The van der Waals surface area contributed by atoms with E-state index in [0.717, 1.165) is 22.7 Å². The Morgan fingerprint density at radius 1 is 1.04 bits per heavy atom. The standard InChI is InChI=1S/C17H22N4O5S2/c1-8(10-6-19-14(18)27-10)12(22)25-13(23)9(2)11-7-20-15(28-11)21-16(24)26-17(3,4)5/h6-9H,1-5H3,(H2,18,19)(H,20,21,24). The van der Waals surface area contributed by atoms with Crippen LogP contribution < -0.4 is 11.1 Å². The summed E-state index contributed by atoms with van der Waals surface area (Å²) in [5, 5.41) is 3.12. The van der Waals surface area contributed by atoms with E-state index >= 15 is 0 Å². The molecule has 9 nitrogen and oxygen atoms in total. The SMILES string of the molecule is CC(C(=O)OC(=O)C(C)c1cnc(NC(=O)OC(C)(C)C)s1)c1cnc(N)s1. The normalized spacial score (nSPS) is 13.5. The minimum Gasteiger partial charge on any atom is -0.444 e. The predicted molar refractivity (Wildman–Crippen MR) is 106 cm³/mol. The molecule has 1 amide bonds.